The zero-order chi connectivity index (χ0) is 15.4. The van der Waals surface area contributed by atoms with Crippen LogP contribution in [0.15, 0.2) is 60.9 Å². The van der Waals surface area contributed by atoms with E-state index in [2.05, 4.69) is 15.5 Å². The molecular formula is C16H12N4O2. The first kappa shape index (κ1) is 13.7. The Morgan fingerprint density at radius 2 is 1.77 bits per heavy atom. The maximum Gasteiger partial charge on any atom is 0.255 e. The maximum atomic E-state index is 12.1. The highest BCUT2D eigenvalue weighted by Gasteiger charge is 2.07. The van der Waals surface area contributed by atoms with E-state index in [0.717, 1.165) is 5.69 Å². The van der Waals surface area contributed by atoms with Gasteiger partial charge in [0.25, 0.3) is 5.91 Å². The Morgan fingerprint density at radius 3 is 2.45 bits per heavy atom. The molecule has 108 valence electrons. The summed E-state index contributed by atoms with van der Waals surface area (Å²) in [5.41, 5.74) is 2.35. The van der Waals surface area contributed by atoms with E-state index in [-0.39, 0.29) is 5.91 Å². The van der Waals surface area contributed by atoms with Gasteiger partial charge in [-0.25, -0.2) is 0 Å². The number of anilines is 1. The molecule has 0 unspecified atom stereocenters. The van der Waals surface area contributed by atoms with Crippen LogP contribution < -0.4 is 5.32 Å². The van der Waals surface area contributed by atoms with Crippen LogP contribution in [0.25, 0.3) is 5.69 Å². The average Bonchev–Trinajstić information content (AvgIpc) is 3.10. The summed E-state index contributed by atoms with van der Waals surface area (Å²) in [5.74, 6) is -0.270. The summed E-state index contributed by atoms with van der Waals surface area (Å²) < 4.78 is 0. The number of aldehydes is 1. The van der Waals surface area contributed by atoms with Gasteiger partial charge in [-0.2, -0.15) is 15.0 Å². The highest BCUT2D eigenvalue weighted by atomic mass is 16.1. The zero-order valence-electron chi connectivity index (χ0n) is 11.5. The summed E-state index contributed by atoms with van der Waals surface area (Å²) in [4.78, 5) is 24.4. The second-order valence-electron chi connectivity index (χ2n) is 4.56. The fourth-order valence-corrected chi connectivity index (χ4v) is 1.98. The van der Waals surface area contributed by atoms with Gasteiger partial charge in [0.1, 0.15) is 6.29 Å². The lowest BCUT2D eigenvalue weighted by atomic mass is 10.1. The van der Waals surface area contributed by atoms with Gasteiger partial charge >= 0.3 is 0 Å². The Bertz CT molecular complexity index is 795. The summed E-state index contributed by atoms with van der Waals surface area (Å²) >= 11 is 0. The quantitative estimate of drug-likeness (QED) is 0.749. The van der Waals surface area contributed by atoms with Gasteiger partial charge in [-0.05, 0) is 36.4 Å². The lowest BCUT2D eigenvalue weighted by molar-refractivity contribution is 0.102. The van der Waals surface area contributed by atoms with Crippen molar-refractivity contribution in [3.05, 3.63) is 72.1 Å². The Balaban J connectivity index is 1.75. The fourth-order valence-electron chi connectivity index (χ4n) is 1.98. The van der Waals surface area contributed by atoms with Crippen LogP contribution in [0.3, 0.4) is 0 Å². The molecular weight excluding hydrogens is 280 g/mol. The van der Waals surface area contributed by atoms with Crippen molar-refractivity contribution in [1.29, 1.82) is 0 Å². The number of carbonyl (C=O) groups is 2. The molecule has 1 amide bonds. The first-order valence-electron chi connectivity index (χ1n) is 6.59. The third kappa shape index (κ3) is 2.90. The van der Waals surface area contributed by atoms with Gasteiger partial charge in [0.05, 0.1) is 18.1 Å². The molecule has 0 aliphatic rings. The Hall–Kier alpha value is -3.28. The van der Waals surface area contributed by atoms with Crippen LogP contribution in [0.5, 0.6) is 0 Å². The predicted octanol–water partition coefficient (Wildman–Crippen LogP) is 2.33. The van der Waals surface area contributed by atoms with E-state index in [1.807, 2.05) is 0 Å². The Morgan fingerprint density at radius 1 is 1.05 bits per heavy atom. The van der Waals surface area contributed by atoms with Gasteiger partial charge in [0.15, 0.2) is 0 Å². The number of hydrogen-bond donors (Lipinski definition) is 1. The summed E-state index contributed by atoms with van der Waals surface area (Å²) in [7, 11) is 0. The highest BCUT2D eigenvalue weighted by molar-refractivity contribution is 6.05. The molecule has 3 rings (SSSR count). The number of carbonyl (C=O) groups excluding carboxylic acids is 2. The number of aromatic nitrogens is 3. The third-order valence-corrected chi connectivity index (χ3v) is 3.06. The molecule has 0 saturated heterocycles. The number of nitrogens with one attached hydrogen (secondary N) is 1. The van der Waals surface area contributed by atoms with Crippen LogP contribution in [0.1, 0.15) is 20.7 Å². The topological polar surface area (TPSA) is 76.9 Å². The Labute approximate surface area is 126 Å². The minimum atomic E-state index is -0.270. The first-order chi connectivity index (χ1) is 10.8. The summed E-state index contributed by atoms with van der Waals surface area (Å²) in [6, 6.07) is 13.7. The highest BCUT2D eigenvalue weighted by Crippen LogP contribution is 2.13. The summed E-state index contributed by atoms with van der Waals surface area (Å²) in [5, 5.41) is 10.8. The van der Waals surface area contributed by atoms with E-state index >= 15 is 0 Å². The molecule has 6 nitrogen and oxygen atoms in total. The molecule has 2 aromatic carbocycles. The van der Waals surface area contributed by atoms with Crippen molar-refractivity contribution in [3.63, 3.8) is 0 Å². The van der Waals surface area contributed by atoms with Crippen molar-refractivity contribution in [1.82, 2.24) is 15.0 Å². The SMILES string of the molecule is O=Cc1cccc(C(=O)Nc2ccc(-n3nccn3)cc2)c1. The summed E-state index contributed by atoms with van der Waals surface area (Å²) in [6.07, 6.45) is 3.90. The molecule has 0 fully saturated rings. The van der Waals surface area contributed by atoms with Gasteiger partial charge in [-0.3, -0.25) is 9.59 Å². The number of hydrogen-bond acceptors (Lipinski definition) is 4. The van der Waals surface area contributed by atoms with Crippen LogP contribution in [-0.4, -0.2) is 27.2 Å². The molecule has 0 aliphatic carbocycles. The first-order valence-corrected chi connectivity index (χ1v) is 6.59. The normalized spacial score (nSPS) is 10.2. The molecule has 0 aliphatic heterocycles. The van der Waals surface area contributed by atoms with Gasteiger partial charge in [-0.15, -0.1) is 0 Å². The molecule has 0 radical (unpaired) electrons. The van der Waals surface area contributed by atoms with Crippen molar-refractivity contribution in [2.75, 3.05) is 5.32 Å². The fraction of sp³-hybridized carbons (Fsp3) is 0. The van der Waals surface area contributed by atoms with Crippen LogP contribution in [0.2, 0.25) is 0 Å². The van der Waals surface area contributed by atoms with E-state index < -0.39 is 0 Å². The van der Waals surface area contributed by atoms with Crippen molar-refractivity contribution in [2.45, 2.75) is 0 Å². The molecule has 3 aromatic rings. The molecule has 0 spiro atoms. The molecule has 1 aromatic heterocycles. The smallest absolute Gasteiger partial charge is 0.255 e. The van der Waals surface area contributed by atoms with Crippen molar-refractivity contribution < 1.29 is 9.59 Å². The second-order valence-corrected chi connectivity index (χ2v) is 4.56. The van der Waals surface area contributed by atoms with Crippen LogP contribution in [-0.2, 0) is 0 Å². The lowest BCUT2D eigenvalue weighted by Gasteiger charge is -2.06. The molecule has 0 saturated carbocycles. The Kier molecular flexibility index (Phi) is 3.74. The van der Waals surface area contributed by atoms with Gasteiger partial charge in [-0.1, -0.05) is 12.1 Å². The molecule has 6 heteroatoms. The minimum Gasteiger partial charge on any atom is -0.322 e. The van der Waals surface area contributed by atoms with Gasteiger partial charge in [0, 0.05) is 16.8 Å². The number of nitrogens with zero attached hydrogens (tertiary/aromatic N) is 3. The van der Waals surface area contributed by atoms with Crippen LogP contribution in [0.4, 0.5) is 5.69 Å². The van der Waals surface area contributed by atoms with Crippen molar-refractivity contribution in [2.24, 2.45) is 0 Å². The molecule has 1 N–H and O–H groups in total. The number of rotatable bonds is 4. The summed E-state index contributed by atoms with van der Waals surface area (Å²) in [6.45, 7) is 0. The zero-order valence-corrected chi connectivity index (χ0v) is 11.5. The molecule has 22 heavy (non-hydrogen) atoms. The molecule has 1 heterocycles. The minimum absolute atomic E-state index is 0.270. The number of benzene rings is 2. The third-order valence-electron chi connectivity index (χ3n) is 3.06. The maximum absolute atomic E-state index is 12.1. The monoisotopic (exact) mass is 292 g/mol. The number of amides is 1. The van der Waals surface area contributed by atoms with Crippen molar-refractivity contribution >= 4 is 17.9 Å². The van der Waals surface area contributed by atoms with E-state index in [1.165, 1.54) is 4.80 Å². The molecule has 0 atom stereocenters. The largest absolute Gasteiger partial charge is 0.322 e. The van der Waals surface area contributed by atoms with Gasteiger partial charge < -0.3 is 5.32 Å². The standard InChI is InChI=1S/C16H12N4O2/c21-11-12-2-1-3-13(10-12)16(22)19-14-4-6-15(7-5-14)20-17-8-9-18-20/h1-11H,(H,19,22). The second kappa shape index (κ2) is 6.01. The predicted molar refractivity (Wildman–Crippen MR) is 81.1 cm³/mol. The van der Waals surface area contributed by atoms with Crippen LogP contribution >= 0.6 is 0 Å². The van der Waals surface area contributed by atoms with E-state index in [1.54, 1.807) is 60.9 Å². The van der Waals surface area contributed by atoms with Crippen molar-refractivity contribution in [3.8, 4) is 5.69 Å². The van der Waals surface area contributed by atoms with Gasteiger partial charge in [0.2, 0.25) is 0 Å². The molecule has 0 bridgehead atoms. The lowest BCUT2D eigenvalue weighted by Crippen LogP contribution is -2.12. The van der Waals surface area contributed by atoms with Crippen LogP contribution in [0, 0.1) is 0 Å². The van der Waals surface area contributed by atoms with E-state index in [9.17, 15) is 9.59 Å². The average molecular weight is 292 g/mol. The van der Waals surface area contributed by atoms with E-state index in [4.69, 9.17) is 0 Å². The van der Waals surface area contributed by atoms with E-state index in [0.29, 0.717) is 23.1 Å².